The van der Waals surface area contributed by atoms with E-state index in [2.05, 4.69) is 4.72 Å². The van der Waals surface area contributed by atoms with E-state index in [-0.39, 0.29) is 10.9 Å². The van der Waals surface area contributed by atoms with Gasteiger partial charge in [-0.25, -0.2) is 13.1 Å². The molecule has 0 heterocycles. The first-order chi connectivity index (χ1) is 8.72. The van der Waals surface area contributed by atoms with Gasteiger partial charge in [-0.3, -0.25) is 0 Å². The Morgan fingerprint density at radius 1 is 1.37 bits per heavy atom. The van der Waals surface area contributed by atoms with Crippen molar-refractivity contribution in [3.63, 3.8) is 0 Å². The largest absolute Gasteiger partial charge is 0.399 e. The van der Waals surface area contributed by atoms with E-state index in [9.17, 15) is 8.42 Å². The third-order valence-electron chi connectivity index (χ3n) is 2.92. The monoisotopic (exact) mass is 285 g/mol. The van der Waals surface area contributed by atoms with Crippen molar-refractivity contribution in [1.29, 1.82) is 0 Å². The van der Waals surface area contributed by atoms with Gasteiger partial charge in [-0.15, -0.1) is 0 Å². The molecule has 0 aliphatic heterocycles. The molecule has 0 aliphatic carbocycles. The third kappa shape index (κ3) is 4.81. The fourth-order valence-electron chi connectivity index (χ4n) is 1.66. The Balaban J connectivity index is 2.77. The molecule has 0 aromatic heterocycles. The van der Waals surface area contributed by atoms with Crippen LogP contribution in [0, 0.1) is 6.92 Å². The zero-order valence-corrected chi connectivity index (χ0v) is 12.8. The number of aryl methyl sites for hydroxylation is 1. The van der Waals surface area contributed by atoms with E-state index >= 15 is 0 Å². The van der Waals surface area contributed by atoms with Crippen LogP contribution in [0.3, 0.4) is 0 Å². The first kappa shape index (κ1) is 15.9. The van der Waals surface area contributed by atoms with Crippen LogP contribution < -0.4 is 10.5 Å². The van der Waals surface area contributed by atoms with Gasteiger partial charge >= 0.3 is 0 Å². The molecule has 0 saturated carbocycles. The molecule has 1 aromatic carbocycles. The van der Waals surface area contributed by atoms with Gasteiger partial charge in [-0.2, -0.15) is 0 Å². The Bertz CT molecular complexity index is 527. The second-order valence-electron chi connectivity index (χ2n) is 5.13. The van der Waals surface area contributed by atoms with Crippen LogP contribution in [0.25, 0.3) is 0 Å². The van der Waals surface area contributed by atoms with E-state index in [1.165, 1.54) is 6.07 Å². The summed E-state index contributed by atoms with van der Waals surface area (Å²) in [6.45, 7) is 4.50. The summed E-state index contributed by atoms with van der Waals surface area (Å²) in [4.78, 5) is 2.29. The molecule has 0 aliphatic rings. The van der Waals surface area contributed by atoms with Gasteiger partial charge in [-0.1, -0.05) is 0 Å². The van der Waals surface area contributed by atoms with Crippen molar-refractivity contribution in [1.82, 2.24) is 9.62 Å². The minimum absolute atomic E-state index is 0.106. The number of nitrogen functional groups attached to an aromatic ring is 1. The molecule has 0 radical (unpaired) electrons. The zero-order valence-electron chi connectivity index (χ0n) is 12.0. The van der Waals surface area contributed by atoms with Crippen molar-refractivity contribution < 1.29 is 8.42 Å². The molecule has 108 valence electrons. The number of benzene rings is 1. The van der Waals surface area contributed by atoms with Crippen molar-refractivity contribution in [3.8, 4) is 0 Å². The number of hydrogen-bond donors (Lipinski definition) is 2. The predicted molar refractivity (Wildman–Crippen MR) is 78.5 cm³/mol. The Morgan fingerprint density at radius 3 is 2.53 bits per heavy atom. The quantitative estimate of drug-likeness (QED) is 0.770. The number of anilines is 1. The number of sulfonamides is 1. The van der Waals surface area contributed by atoms with Crippen molar-refractivity contribution in [2.24, 2.45) is 0 Å². The van der Waals surface area contributed by atoms with E-state index in [1.54, 1.807) is 19.1 Å². The van der Waals surface area contributed by atoms with Crippen LogP contribution in [-0.4, -0.2) is 40.0 Å². The molecular formula is C13H23N3O2S. The van der Waals surface area contributed by atoms with E-state index in [4.69, 9.17) is 5.73 Å². The summed E-state index contributed by atoms with van der Waals surface area (Å²) in [5.74, 6) is 0. The fraction of sp³-hybridized carbons (Fsp3) is 0.538. The van der Waals surface area contributed by atoms with Gasteiger partial charge in [0.1, 0.15) is 0 Å². The molecule has 0 bridgehead atoms. The molecular weight excluding hydrogens is 262 g/mol. The number of rotatable bonds is 6. The summed E-state index contributed by atoms with van der Waals surface area (Å²) < 4.78 is 27.0. The number of nitrogens with zero attached hydrogens (tertiary/aromatic N) is 1. The molecule has 1 atom stereocenters. The minimum atomic E-state index is -3.47. The van der Waals surface area contributed by atoms with E-state index in [0.29, 0.717) is 5.69 Å². The highest BCUT2D eigenvalue weighted by Gasteiger charge is 2.17. The second-order valence-corrected chi connectivity index (χ2v) is 6.85. The van der Waals surface area contributed by atoms with Crippen molar-refractivity contribution in [2.75, 3.05) is 26.4 Å². The maximum absolute atomic E-state index is 12.2. The highest BCUT2D eigenvalue weighted by molar-refractivity contribution is 7.89. The maximum Gasteiger partial charge on any atom is 0.240 e. The standard InChI is InChI=1S/C13H23N3O2S/c1-10-9-12(5-6-13(10)14)19(17,18)15-11(2)7-8-16(3)4/h5-6,9,11,15H,7-8,14H2,1-4H3. The first-order valence-corrected chi connectivity index (χ1v) is 7.74. The lowest BCUT2D eigenvalue weighted by Crippen LogP contribution is -2.34. The number of nitrogens with two attached hydrogens (primary N) is 1. The average Bonchev–Trinajstić information content (AvgIpc) is 2.29. The lowest BCUT2D eigenvalue weighted by Gasteiger charge is -2.17. The smallest absolute Gasteiger partial charge is 0.240 e. The van der Waals surface area contributed by atoms with Gasteiger partial charge in [0.2, 0.25) is 10.0 Å². The van der Waals surface area contributed by atoms with E-state index in [0.717, 1.165) is 18.5 Å². The van der Waals surface area contributed by atoms with Crippen molar-refractivity contribution >= 4 is 15.7 Å². The summed E-state index contributed by atoms with van der Waals surface area (Å²) in [6.07, 6.45) is 0.764. The van der Waals surface area contributed by atoms with Crippen LogP contribution >= 0.6 is 0 Å². The second kappa shape index (κ2) is 6.36. The molecule has 0 fully saturated rings. The maximum atomic E-state index is 12.2. The van der Waals surface area contributed by atoms with Crippen LogP contribution in [-0.2, 0) is 10.0 Å². The minimum Gasteiger partial charge on any atom is -0.399 e. The summed E-state index contributed by atoms with van der Waals surface area (Å²) >= 11 is 0. The lowest BCUT2D eigenvalue weighted by atomic mass is 10.2. The molecule has 0 amide bonds. The molecule has 6 heteroatoms. The summed E-state index contributed by atoms with van der Waals surface area (Å²) in [5, 5.41) is 0. The zero-order chi connectivity index (χ0) is 14.6. The molecule has 19 heavy (non-hydrogen) atoms. The Kier molecular flexibility index (Phi) is 5.34. The van der Waals surface area contributed by atoms with Gasteiger partial charge in [0.15, 0.2) is 0 Å². The Morgan fingerprint density at radius 2 is 2.00 bits per heavy atom. The fourth-order valence-corrected chi connectivity index (χ4v) is 3.02. The van der Waals surface area contributed by atoms with E-state index in [1.807, 2.05) is 25.9 Å². The van der Waals surface area contributed by atoms with Crippen LogP contribution in [0.15, 0.2) is 23.1 Å². The molecule has 5 nitrogen and oxygen atoms in total. The van der Waals surface area contributed by atoms with Crippen LogP contribution in [0.5, 0.6) is 0 Å². The molecule has 0 spiro atoms. The van der Waals surface area contributed by atoms with Gasteiger partial charge in [0, 0.05) is 11.7 Å². The first-order valence-electron chi connectivity index (χ1n) is 6.25. The van der Waals surface area contributed by atoms with Crippen LogP contribution in [0.4, 0.5) is 5.69 Å². The normalized spacial score (nSPS) is 13.7. The molecule has 0 saturated heterocycles. The highest BCUT2D eigenvalue weighted by Crippen LogP contribution is 2.17. The summed E-state index contributed by atoms with van der Waals surface area (Å²) in [5.41, 5.74) is 7.06. The van der Waals surface area contributed by atoms with Gasteiger partial charge < -0.3 is 10.6 Å². The predicted octanol–water partition coefficient (Wildman–Crippen LogP) is 1.20. The Hall–Kier alpha value is -1.11. The topological polar surface area (TPSA) is 75.4 Å². The lowest BCUT2D eigenvalue weighted by molar-refractivity contribution is 0.379. The van der Waals surface area contributed by atoms with Crippen molar-refractivity contribution in [3.05, 3.63) is 23.8 Å². The highest BCUT2D eigenvalue weighted by atomic mass is 32.2. The van der Waals surface area contributed by atoms with Gasteiger partial charge in [0.25, 0.3) is 0 Å². The summed E-state index contributed by atoms with van der Waals surface area (Å²) in [7, 11) is 0.455. The molecule has 1 unspecified atom stereocenters. The SMILES string of the molecule is Cc1cc(S(=O)(=O)NC(C)CCN(C)C)ccc1N. The van der Waals surface area contributed by atoms with Gasteiger partial charge in [-0.05, 0) is 64.7 Å². The third-order valence-corrected chi connectivity index (χ3v) is 4.50. The average molecular weight is 285 g/mol. The van der Waals surface area contributed by atoms with Crippen LogP contribution in [0.2, 0.25) is 0 Å². The number of hydrogen-bond acceptors (Lipinski definition) is 4. The molecule has 1 aromatic rings. The number of nitrogens with one attached hydrogen (secondary N) is 1. The Labute approximate surface area is 115 Å². The molecule has 3 N–H and O–H groups in total. The summed E-state index contributed by atoms with van der Waals surface area (Å²) in [6, 6.07) is 4.64. The van der Waals surface area contributed by atoms with Crippen LogP contribution in [0.1, 0.15) is 18.9 Å². The molecule has 1 rings (SSSR count). The van der Waals surface area contributed by atoms with Gasteiger partial charge in [0.05, 0.1) is 4.90 Å². The van der Waals surface area contributed by atoms with Crippen molar-refractivity contribution in [2.45, 2.75) is 31.2 Å². The van der Waals surface area contributed by atoms with E-state index < -0.39 is 10.0 Å².